The Bertz CT molecular complexity index is 405. The largest absolute Gasteiger partial charge is 0.379 e. The molecule has 92 valence electrons. The molecular weight excluding hydrogens is 220 g/mol. The Morgan fingerprint density at radius 3 is 2.76 bits per heavy atom. The zero-order valence-corrected chi connectivity index (χ0v) is 9.81. The number of hydrogen-bond acceptors (Lipinski definition) is 4. The molecule has 0 saturated carbocycles. The van der Waals surface area contributed by atoms with Crippen LogP contribution < -0.4 is 5.32 Å². The third-order valence-electron chi connectivity index (χ3n) is 2.45. The number of nitro benzene ring substituents is 1. The smallest absolute Gasteiger partial charge is 0.293 e. The zero-order valence-electron chi connectivity index (χ0n) is 9.81. The lowest BCUT2D eigenvalue weighted by Gasteiger charge is -2.06. The molecular formula is C12H16N2O3. The van der Waals surface area contributed by atoms with Crippen LogP contribution in [0.5, 0.6) is 0 Å². The molecule has 1 rings (SSSR count). The van der Waals surface area contributed by atoms with Crippen molar-refractivity contribution in [1.29, 1.82) is 0 Å². The van der Waals surface area contributed by atoms with E-state index in [2.05, 4.69) is 12.2 Å². The number of rotatable bonds is 7. The number of nitro groups is 1. The van der Waals surface area contributed by atoms with Crippen LogP contribution >= 0.6 is 0 Å². The number of unbranched alkanes of at least 4 members (excludes halogenated alkanes) is 2. The van der Waals surface area contributed by atoms with Gasteiger partial charge in [-0.3, -0.25) is 14.9 Å². The predicted molar refractivity (Wildman–Crippen MR) is 66.5 cm³/mol. The maximum atomic E-state index is 10.8. The van der Waals surface area contributed by atoms with Crippen molar-refractivity contribution in [3.8, 4) is 0 Å². The monoisotopic (exact) mass is 236 g/mol. The van der Waals surface area contributed by atoms with Crippen LogP contribution in [-0.2, 0) is 0 Å². The van der Waals surface area contributed by atoms with E-state index in [1.165, 1.54) is 6.07 Å². The molecule has 0 aromatic heterocycles. The second kappa shape index (κ2) is 6.62. The van der Waals surface area contributed by atoms with E-state index in [1.54, 1.807) is 12.1 Å². The summed E-state index contributed by atoms with van der Waals surface area (Å²) in [4.78, 5) is 20.9. The van der Waals surface area contributed by atoms with Crippen LogP contribution in [0, 0.1) is 10.1 Å². The number of hydrogen-bond donors (Lipinski definition) is 1. The molecule has 0 bridgehead atoms. The van der Waals surface area contributed by atoms with Crippen LogP contribution in [0.25, 0.3) is 0 Å². The number of nitrogens with one attached hydrogen (secondary N) is 1. The van der Waals surface area contributed by atoms with Gasteiger partial charge >= 0.3 is 0 Å². The lowest BCUT2D eigenvalue weighted by Crippen LogP contribution is -2.04. The number of carbonyl (C=O) groups excluding carboxylic acids is 1. The minimum Gasteiger partial charge on any atom is -0.379 e. The van der Waals surface area contributed by atoms with Crippen molar-refractivity contribution >= 4 is 17.7 Å². The quantitative estimate of drug-likeness (QED) is 0.342. The molecule has 0 fully saturated rings. The average Bonchev–Trinajstić information content (AvgIpc) is 2.34. The van der Waals surface area contributed by atoms with Crippen molar-refractivity contribution in [3.63, 3.8) is 0 Å². The molecule has 1 N–H and O–H groups in total. The Morgan fingerprint density at radius 1 is 1.41 bits per heavy atom. The fourth-order valence-electron chi connectivity index (χ4n) is 1.52. The van der Waals surface area contributed by atoms with Gasteiger partial charge in [-0.2, -0.15) is 0 Å². The first-order chi connectivity index (χ1) is 8.19. The molecule has 0 amide bonds. The van der Waals surface area contributed by atoms with Crippen LogP contribution in [0.15, 0.2) is 18.2 Å². The van der Waals surface area contributed by atoms with Gasteiger partial charge in [0, 0.05) is 18.2 Å². The maximum absolute atomic E-state index is 10.8. The molecule has 0 aliphatic carbocycles. The van der Waals surface area contributed by atoms with Gasteiger partial charge in [0.2, 0.25) is 0 Å². The molecule has 0 aliphatic heterocycles. The van der Waals surface area contributed by atoms with E-state index in [0.717, 1.165) is 19.3 Å². The normalized spacial score (nSPS) is 9.94. The van der Waals surface area contributed by atoms with E-state index in [0.29, 0.717) is 24.1 Å². The highest BCUT2D eigenvalue weighted by molar-refractivity contribution is 5.79. The summed E-state index contributed by atoms with van der Waals surface area (Å²) >= 11 is 0. The molecule has 0 aliphatic rings. The molecule has 5 nitrogen and oxygen atoms in total. The molecule has 0 heterocycles. The van der Waals surface area contributed by atoms with Gasteiger partial charge in [0.25, 0.3) is 5.69 Å². The Hall–Kier alpha value is -1.91. The highest BCUT2D eigenvalue weighted by Gasteiger charge is 2.13. The molecule has 0 atom stereocenters. The van der Waals surface area contributed by atoms with Crippen molar-refractivity contribution in [1.82, 2.24) is 0 Å². The Kier molecular flexibility index (Phi) is 5.13. The van der Waals surface area contributed by atoms with Crippen molar-refractivity contribution in [2.75, 3.05) is 11.9 Å². The van der Waals surface area contributed by atoms with Gasteiger partial charge in [-0.05, 0) is 18.6 Å². The molecule has 0 radical (unpaired) electrons. The minimum absolute atomic E-state index is 0.0499. The van der Waals surface area contributed by atoms with Gasteiger partial charge in [0.1, 0.15) is 12.0 Å². The third kappa shape index (κ3) is 3.86. The summed E-state index contributed by atoms with van der Waals surface area (Å²) in [5.74, 6) is 0. The fourth-order valence-corrected chi connectivity index (χ4v) is 1.52. The molecule has 5 heteroatoms. The molecule has 17 heavy (non-hydrogen) atoms. The van der Waals surface area contributed by atoms with Gasteiger partial charge in [-0.15, -0.1) is 0 Å². The highest BCUT2D eigenvalue weighted by Crippen LogP contribution is 2.24. The van der Waals surface area contributed by atoms with Crippen molar-refractivity contribution in [2.45, 2.75) is 26.2 Å². The highest BCUT2D eigenvalue weighted by atomic mass is 16.6. The summed E-state index contributed by atoms with van der Waals surface area (Å²) in [5, 5.41) is 13.9. The number of nitrogens with zero attached hydrogens (tertiary/aromatic N) is 1. The first-order valence-electron chi connectivity index (χ1n) is 5.66. The first-order valence-corrected chi connectivity index (χ1v) is 5.66. The van der Waals surface area contributed by atoms with E-state index in [-0.39, 0.29) is 5.69 Å². The SMILES string of the molecule is CCCCCNc1ccc(C=O)cc1[N+](=O)[O-]. The van der Waals surface area contributed by atoms with E-state index >= 15 is 0 Å². The lowest BCUT2D eigenvalue weighted by atomic mass is 10.2. The van der Waals surface area contributed by atoms with Crippen molar-refractivity contribution < 1.29 is 9.72 Å². The maximum Gasteiger partial charge on any atom is 0.293 e. The van der Waals surface area contributed by atoms with Gasteiger partial charge in [-0.1, -0.05) is 19.8 Å². The minimum atomic E-state index is -0.477. The van der Waals surface area contributed by atoms with Gasteiger partial charge in [0.05, 0.1) is 4.92 Å². The number of benzene rings is 1. The lowest BCUT2D eigenvalue weighted by molar-refractivity contribution is -0.384. The van der Waals surface area contributed by atoms with Gasteiger partial charge in [-0.25, -0.2) is 0 Å². The van der Waals surface area contributed by atoms with Gasteiger partial charge < -0.3 is 5.32 Å². The second-order valence-electron chi connectivity index (χ2n) is 3.79. The molecule has 1 aromatic rings. The van der Waals surface area contributed by atoms with Crippen LogP contribution in [0.1, 0.15) is 36.5 Å². The summed E-state index contributed by atoms with van der Waals surface area (Å²) in [7, 11) is 0. The van der Waals surface area contributed by atoms with E-state index in [9.17, 15) is 14.9 Å². The van der Waals surface area contributed by atoms with Crippen molar-refractivity contribution in [3.05, 3.63) is 33.9 Å². The first kappa shape index (κ1) is 13.2. The number of anilines is 1. The molecule has 0 unspecified atom stereocenters. The predicted octanol–water partition coefficient (Wildman–Crippen LogP) is 3.01. The summed E-state index contributed by atoms with van der Waals surface area (Å²) in [6, 6.07) is 4.44. The average molecular weight is 236 g/mol. The van der Waals surface area contributed by atoms with E-state index in [4.69, 9.17) is 0 Å². The summed E-state index contributed by atoms with van der Waals surface area (Å²) < 4.78 is 0. The van der Waals surface area contributed by atoms with E-state index in [1.807, 2.05) is 0 Å². The molecule has 0 spiro atoms. The fraction of sp³-hybridized carbons (Fsp3) is 0.417. The second-order valence-corrected chi connectivity index (χ2v) is 3.79. The standard InChI is InChI=1S/C12H16N2O3/c1-2-3-4-7-13-11-6-5-10(9-15)8-12(11)14(16)17/h5-6,8-9,13H,2-4,7H2,1H3. The van der Waals surface area contributed by atoms with E-state index < -0.39 is 4.92 Å². The topological polar surface area (TPSA) is 72.2 Å². The Morgan fingerprint density at radius 2 is 2.18 bits per heavy atom. The van der Waals surface area contributed by atoms with Crippen LogP contribution in [0.2, 0.25) is 0 Å². The zero-order chi connectivity index (χ0) is 12.7. The summed E-state index contributed by atoms with van der Waals surface area (Å²) in [5.41, 5.74) is 0.735. The number of aldehydes is 1. The van der Waals surface area contributed by atoms with Crippen LogP contribution in [0.3, 0.4) is 0 Å². The Balaban J connectivity index is 2.76. The van der Waals surface area contributed by atoms with Crippen molar-refractivity contribution in [2.24, 2.45) is 0 Å². The van der Waals surface area contributed by atoms with Gasteiger partial charge in [0.15, 0.2) is 0 Å². The molecule has 1 aromatic carbocycles. The van der Waals surface area contributed by atoms with Crippen LogP contribution in [0.4, 0.5) is 11.4 Å². The van der Waals surface area contributed by atoms with Crippen LogP contribution in [-0.4, -0.2) is 17.8 Å². The third-order valence-corrected chi connectivity index (χ3v) is 2.45. The number of carbonyl (C=O) groups is 1. The summed E-state index contributed by atoms with van der Waals surface area (Å²) in [6.45, 7) is 2.80. The molecule has 0 saturated heterocycles. The Labute approximate surface area is 100.0 Å². The summed E-state index contributed by atoms with van der Waals surface area (Å²) in [6.07, 6.45) is 3.78.